The van der Waals surface area contributed by atoms with Gasteiger partial charge in [0.15, 0.2) is 0 Å². The molecule has 0 saturated heterocycles. The van der Waals surface area contributed by atoms with Gasteiger partial charge in [-0.15, -0.1) is 0 Å². The van der Waals surface area contributed by atoms with Crippen LogP contribution in [0.15, 0.2) is 76.1 Å². The molecule has 5 rings (SSSR count). The van der Waals surface area contributed by atoms with Crippen molar-refractivity contribution in [1.29, 1.82) is 0 Å². The minimum Gasteiger partial charge on any atom is -0.486 e. The Bertz CT molecular complexity index is 1240. The van der Waals surface area contributed by atoms with Crippen LogP contribution in [0.1, 0.15) is 17.3 Å². The quantitative estimate of drug-likeness (QED) is 0.424. The van der Waals surface area contributed by atoms with E-state index in [0.29, 0.717) is 24.9 Å². The second-order valence-electron chi connectivity index (χ2n) is 6.73. The molecule has 0 aliphatic rings. The van der Waals surface area contributed by atoms with Crippen LogP contribution >= 0.6 is 0 Å². The first-order valence-corrected chi connectivity index (χ1v) is 9.25. The van der Waals surface area contributed by atoms with Gasteiger partial charge in [0.25, 0.3) is 0 Å². The zero-order chi connectivity index (χ0) is 19.6. The summed E-state index contributed by atoms with van der Waals surface area (Å²) in [5.74, 6) is 2.57. The molecule has 0 saturated carbocycles. The van der Waals surface area contributed by atoms with E-state index in [1.54, 1.807) is 18.6 Å². The monoisotopic (exact) mass is 386 g/mol. The molecule has 7 heteroatoms. The van der Waals surface area contributed by atoms with Crippen LogP contribution in [-0.2, 0) is 13.2 Å². The lowest BCUT2D eigenvalue weighted by Gasteiger charge is -2.09. The Labute approximate surface area is 166 Å². The average Bonchev–Trinajstić information content (AvgIpc) is 3.48. The Morgan fingerprint density at radius 3 is 2.69 bits per heavy atom. The Kier molecular flexibility index (Phi) is 4.32. The molecular formula is C22H18N4O3. The molecule has 0 amide bonds. The summed E-state index contributed by atoms with van der Waals surface area (Å²) in [6, 6.07) is 17.7. The van der Waals surface area contributed by atoms with Gasteiger partial charge in [-0.3, -0.25) is 0 Å². The van der Waals surface area contributed by atoms with Gasteiger partial charge in [-0.25, -0.2) is 4.98 Å². The normalized spacial score (nSPS) is 11.2. The van der Waals surface area contributed by atoms with E-state index in [1.807, 2.05) is 60.0 Å². The largest absolute Gasteiger partial charge is 0.486 e. The number of para-hydroxylation sites is 2. The highest BCUT2D eigenvalue weighted by Crippen LogP contribution is 2.21. The maximum Gasteiger partial charge on any atom is 0.246 e. The zero-order valence-electron chi connectivity index (χ0n) is 15.8. The van der Waals surface area contributed by atoms with Crippen LogP contribution < -0.4 is 4.74 Å². The average molecular weight is 386 g/mol. The fourth-order valence-electron chi connectivity index (χ4n) is 3.16. The number of ether oxygens (including phenoxy) is 1. The highest BCUT2D eigenvalue weighted by Gasteiger charge is 2.16. The Morgan fingerprint density at radius 1 is 1.00 bits per heavy atom. The SMILES string of the molecule is Cc1ccc(OCc2nc3ccccc3n2Cc2nc(-c3ccoc3)no2)cc1. The number of rotatable bonds is 6. The molecule has 5 aromatic rings. The number of aromatic nitrogens is 4. The van der Waals surface area contributed by atoms with Gasteiger partial charge in [-0.05, 0) is 37.3 Å². The summed E-state index contributed by atoms with van der Waals surface area (Å²) in [5.41, 5.74) is 3.84. The highest BCUT2D eigenvalue weighted by molar-refractivity contribution is 5.76. The highest BCUT2D eigenvalue weighted by atomic mass is 16.5. The number of benzene rings is 2. The maximum atomic E-state index is 5.96. The second kappa shape index (κ2) is 7.27. The summed E-state index contributed by atoms with van der Waals surface area (Å²) < 4.78 is 18.5. The fourth-order valence-corrected chi connectivity index (χ4v) is 3.16. The summed E-state index contributed by atoms with van der Waals surface area (Å²) in [5, 5.41) is 4.04. The van der Waals surface area contributed by atoms with E-state index in [0.717, 1.165) is 28.2 Å². The van der Waals surface area contributed by atoms with Gasteiger partial charge in [0.05, 0.1) is 22.9 Å². The topological polar surface area (TPSA) is 79.1 Å². The molecular weight excluding hydrogens is 368 g/mol. The van der Waals surface area contributed by atoms with Gasteiger partial charge >= 0.3 is 0 Å². The first-order chi connectivity index (χ1) is 14.3. The van der Waals surface area contributed by atoms with Crippen molar-refractivity contribution in [3.05, 3.63) is 84.4 Å². The molecule has 0 spiro atoms. The van der Waals surface area contributed by atoms with Crippen molar-refractivity contribution in [2.45, 2.75) is 20.1 Å². The lowest BCUT2D eigenvalue weighted by atomic mass is 10.2. The molecule has 144 valence electrons. The van der Waals surface area contributed by atoms with Crippen LogP contribution in [0, 0.1) is 6.92 Å². The third kappa shape index (κ3) is 3.50. The van der Waals surface area contributed by atoms with Crippen molar-refractivity contribution in [1.82, 2.24) is 19.7 Å². The van der Waals surface area contributed by atoms with Crippen molar-refractivity contribution in [3.63, 3.8) is 0 Å². The Hall–Kier alpha value is -3.87. The molecule has 0 bridgehead atoms. The Balaban J connectivity index is 1.44. The number of furan rings is 1. The van der Waals surface area contributed by atoms with Gasteiger partial charge in [0, 0.05) is 0 Å². The van der Waals surface area contributed by atoms with Crippen molar-refractivity contribution in [3.8, 4) is 17.1 Å². The molecule has 0 aliphatic carbocycles. The minimum absolute atomic E-state index is 0.334. The molecule has 3 aromatic heterocycles. The number of aryl methyl sites for hydroxylation is 1. The van der Waals surface area contributed by atoms with Gasteiger partial charge in [0.2, 0.25) is 11.7 Å². The second-order valence-corrected chi connectivity index (χ2v) is 6.73. The lowest BCUT2D eigenvalue weighted by molar-refractivity contribution is 0.288. The molecule has 0 aliphatic heterocycles. The fraction of sp³-hybridized carbons (Fsp3) is 0.136. The number of fused-ring (bicyclic) bond motifs is 1. The van der Waals surface area contributed by atoms with E-state index < -0.39 is 0 Å². The molecule has 0 N–H and O–H groups in total. The van der Waals surface area contributed by atoms with Crippen molar-refractivity contribution in [2.75, 3.05) is 0 Å². The molecule has 3 heterocycles. The zero-order valence-corrected chi connectivity index (χ0v) is 15.8. The molecule has 0 fully saturated rings. The molecule has 0 unspecified atom stereocenters. The van der Waals surface area contributed by atoms with Crippen molar-refractivity contribution < 1.29 is 13.7 Å². The summed E-state index contributed by atoms with van der Waals surface area (Å²) in [6.45, 7) is 2.78. The van der Waals surface area contributed by atoms with Gasteiger partial charge in [-0.2, -0.15) is 4.98 Å². The molecule has 7 nitrogen and oxygen atoms in total. The molecule has 0 atom stereocenters. The van der Waals surface area contributed by atoms with Crippen molar-refractivity contribution >= 4 is 11.0 Å². The first-order valence-electron chi connectivity index (χ1n) is 9.25. The lowest BCUT2D eigenvalue weighted by Crippen LogP contribution is -2.08. The predicted octanol–water partition coefficient (Wildman–Crippen LogP) is 4.62. The maximum absolute atomic E-state index is 5.96. The molecule has 29 heavy (non-hydrogen) atoms. The van der Waals surface area contributed by atoms with Gasteiger partial charge in [0.1, 0.15) is 31.0 Å². The van der Waals surface area contributed by atoms with Crippen molar-refractivity contribution in [2.24, 2.45) is 0 Å². The number of hydrogen-bond donors (Lipinski definition) is 0. The number of imidazole rings is 1. The van der Waals surface area contributed by atoms with Crippen LogP contribution in [0.5, 0.6) is 5.75 Å². The standard InChI is InChI=1S/C22H18N4O3/c1-15-6-8-17(9-7-15)28-14-20-23-18-4-2-3-5-19(18)26(20)12-21-24-22(25-29-21)16-10-11-27-13-16/h2-11,13H,12,14H2,1H3. The first kappa shape index (κ1) is 17.2. The van der Waals surface area contributed by atoms with Crippen LogP contribution in [0.2, 0.25) is 0 Å². The molecule has 2 aromatic carbocycles. The minimum atomic E-state index is 0.334. The predicted molar refractivity (Wildman–Crippen MR) is 106 cm³/mol. The smallest absolute Gasteiger partial charge is 0.246 e. The number of nitrogens with zero attached hydrogens (tertiary/aromatic N) is 4. The van der Waals surface area contributed by atoms with Gasteiger partial charge in [-0.1, -0.05) is 35.0 Å². The van der Waals surface area contributed by atoms with Crippen LogP contribution in [0.3, 0.4) is 0 Å². The van der Waals surface area contributed by atoms with Crippen LogP contribution in [0.4, 0.5) is 0 Å². The van der Waals surface area contributed by atoms with Crippen LogP contribution in [-0.4, -0.2) is 19.7 Å². The summed E-state index contributed by atoms with van der Waals surface area (Å²) in [6.07, 6.45) is 3.16. The summed E-state index contributed by atoms with van der Waals surface area (Å²) >= 11 is 0. The third-order valence-corrected chi connectivity index (χ3v) is 4.66. The van der Waals surface area contributed by atoms with E-state index in [-0.39, 0.29) is 0 Å². The summed E-state index contributed by atoms with van der Waals surface area (Å²) in [4.78, 5) is 9.21. The van der Waals surface area contributed by atoms with E-state index in [9.17, 15) is 0 Å². The van der Waals surface area contributed by atoms with Gasteiger partial charge < -0.3 is 18.2 Å². The number of hydrogen-bond acceptors (Lipinski definition) is 6. The molecule has 0 radical (unpaired) electrons. The van der Waals surface area contributed by atoms with Crippen LogP contribution in [0.25, 0.3) is 22.4 Å². The van der Waals surface area contributed by atoms with E-state index >= 15 is 0 Å². The summed E-state index contributed by atoms with van der Waals surface area (Å²) in [7, 11) is 0. The van der Waals surface area contributed by atoms with E-state index in [4.69, 9.17) is 18.7 Å². The van der Waals surface area contributed by atoms with E-state index in [2.05, 4.69) is 10.1 Å². The van der Waals surface area contributed by atoms with E-state index in [1.165, 1.54) is 5.56 Å². The Morgan fingerprint density at radius 2 is 1.86 bits per heavy atom. The third-order valence-electron chi connectivity index (χ3n) is 4.66.